The summed E-state index contributed by atoms with van der Waals surface area (Å²) in [7, 11) is 2.96. The van der Waals surface area contributed by atoms with Gasteiger partial charge < -0.3 is 24.6 Å². The monoisotopic (exact) mass is 532 g/mol. The van der Waals surface area contributed by atoms with E-state index in [1.54, 1.807) is 24.4 Å². The highest BCUT2D eigenvalue weighted by Gasteiger charge is 2.26. The van der Waals surface area contributed by atoms with E-state index in [1.807, 2.05) is 31.2 Å². The second-order valence-electron chi connectivity index (χ2n) is 8.87. The number of ether oxygens (including phenoxy) is 3. The van der Waals surface area contributed by atoms with Crippen molar-refractivity contribution in [2.75, 3.05) is 20.8 Å². The molecule has 9 heteroatoms. The lowest BCUT2D eigenvalue weighted by atomic mass is 10.00. The van der Waals surface area contributed by atoms with Crippen molar-refractivity contribution in [3.05, 3.63) is 88.5 Å². The highest BCUT2D eigenvalue weighted by atomic mass is 19.1. The van der Waals surface area contributed by atoms with Gasteiger partial charge in [-0.15, -0.1) is 0 Å². The molecule has 0 unspecified atom stereocenters. The summed E-state index contributed by atoms with van der Waals surface area (Å²) in [6, 6.07) is 13.5. The summed E-state index contributed by atoms with van der Waals surface area (Å²) < 4.78 is 30.9. The molecule has 1 heterocycles. The predicted molar refractivity (Wildman–Crippen MR) is 145 cm³/mol. The smallest absolute Gasteiger partial charge is 0.306 e. The Hall–Kier alpha value is -4.66. The fourth-order valence-electron chi connectivity index (χ4n) is 4.43. The Morgan fingerprint density at radius 2 is 1.79 bits per heavy atom. The molecular formula is C30H29FN2O6. The number of carboxylic acid groups (broad SMARTS) is 1. The maximum absolute atomic E-state index is 14.3. The molecule has 2 N–H and O–H groups in total. The van der Waals surface area contributed by atoms with Crippen LogP contribution in [0.5, 0.6) is 17.2 Å². The van der Waals surface area contributed by atoms with E-state index in [9.17, 15) is 14.0 Å². The molecule has 1 aliphatic carbocycles. The van der Waals surface area contributed by atoms with Crippen molar-refractivity contribution >= 4 is 29.1 Å². The lowest BCUT2D eigenvalue weighted by Crippen LogP contribution is -2.23. The average Bonchev–Trinajstić information content (AvgIpc) is 3.17. The zero-order chi connectivity index (χ0) is 27.9. The minimum Gasteiger partial charge on any atom is -0.493 e. The number of nitrogens with one attached hydrogen (secondary N) is 1. The molecule has 0 fully saturated rings. The Balaban J connectivity index is 1.66. The molecular weight excluding hydrogens is 503 g/mol. The number of hydrogen-bond donors (Lipinski definition) is 2. The van der Waals surface area contributed by atoms with Crippen LogP contribution in [0.15, 0.2) is 60.3 Å². The fourth-order valence-corrected chi connectivity index (χ4v) is 4.43. The number of carboxylic acids is 1. The number of aliphatic carboxylic acids is 1. The molecule has 3 aromatic rings. The maximum Gasteiger partial charge on any atom is 0.306 e. The van der Waals surface area contributed by atoms with Crippen molar-refractivity contribution in [3.8, 4) is 17.2 Å². The predicted octanol–water partition coefficient (Wildman–Crippen LogP) is 5.13. The van der Waals surface area contributed by atoms with Gasteiger partial charge in [0, 0.05) is 6.20 Å². The second-order valence-corrected chi connectivity index (χ2v) is 8.87. The summed E-state index contributed by atoms with van der Waals surface area (Å²) in [6.07, 6.45) is 3.49. The molecule has 0 atom stereocenters. The van der Waals surface area contributed by atoms with Crippen LogP contribution in [0, 0.1) is 5.82 Å². The van der Waals surface area contributed by atoms with Crippen LogP contribution in [-0.2, 0) is 16.1 Å². The van der Waals surface area contributed by atoms with Crippen LogP contribution >= 0.6 is 0 Å². The molecule has 0 saturated heterocycles. The second kappa shape index (κ2) is 12.3. The largest absolute Gasteiger partial charge is 0.493 e. The summed E-state index contributed by atoms with van der Waals surface area (Å²) in [6.45, 7) is 2.16. The van der Waals surface area contributed by atoms with Gasteiger partial charge in [-0.25, -0.2) is 4.39 Å². The zero-order valence-corrected chi connectivity index (χ0v) is 21.9. The maximum atomic E-state index is 14.3. The molecule has 2 aromatic carbocycles. The zero-order valence-electron chi connectivity index (χ0n) is 21.9. The van der Waals surface area contributed by atoms with Crippen molar-refractivity contribution in [2.45, 2.75) is 26.3 Å². The summed E-state index contributed by atoms with van der Waals surface area (Å²) in [5.74, 6) is -0.513. The van der Waals surface area contributed by atoms with Crippen LogP contribution in [0.3, 0.4) is 0 Å². The molecule has 202 valence electrons. The summed E-state index contributed by atoms with van der Waals surface area (Å²) in [5.41, 5.74) is 5.36. The highest BCUT2D eigenvalue weighted by molar-refractivity contribution is 6.08. The van der Waals surface area contributed by atoms with Gasteiger partial charge in [-0.1, -0.05) is 12.1 Å². The van der Waals surface area contributed by atoms with Crippen molar-refractivity contribution < 1.29 is 33.3 Å². The van der Waals surface area contributed by atoms with Gasteiger partial charge in [-0.2, -0.15) is 0 Å². The van der Waals surface area contributed by atoms with E-state index in [4.69, 9.17) is 19.3 Å². The van der Waals surface area contributed by atoms with E-state index in [2.05, 4.69) is 10.3 Å². The Labute approximate surface area is 225 Å². The molecule has 0 saturated carbocycles. The molecule has 0 spiro atoms. The van der Waals surface area contributed by atoms with Gasteiger partial charge in [-0.3, -0.25) is 14.6 Å². The third-order valence-corrected chi connectivity index (χ3v) is 6.34. The number of carbonyl (C=O) groups is 2. The van der Waals surface area contributed by atoms with Gasteiger partial charge in [0.2, 0.25) is 11.7 Å². The third-order valence-electron chi connectivity index (χ3n) is 6.34. The molecule has 1 aromatic heterocycles. The molecule has 8 nitrogen and oxygen atoms in total. The summed E-state index contributed by atoms with van der Waals surface area (Å²) in [4.78, 5) is 27.9. The first kappa shape index (κ1) is 27.4. The minimum absolute atomic E-state index is 0.0466. The highest BCUT2D eigenvalue weighted by Crippen LogP contribution is 2.45. The van der Waals surface area contributed by atoms with E-state index in [0.29, 0.717) is 29.4 Å². The van der Waals surface area contributed by atoms with Gasteiger partial charge in [0.05, 0.1) is 45.9 Å². The number of benzene rings is 2. The number of halogens is 1. The van der Waals surface area contributed by atoms with Gasteiger partial charge in [0.15, 0.2) is 11.5 Å². The van der Waals surface area contributed by atoms with Crippen molar-refractivity contribution in [1.82, 2.24) is 10.3 Å². The number of amides is 1. The van der Waals surface area contributed by atoms with Gasteiger partial charge >= 0.3 is 5.97 Å². The standard InChI is InChI=1S/C30H29FN2O6/c1-18-23(12-19-13-26(37-2)30(27(14-19)38-3)39-11-9-29(35)36)22-8-7-20(31)15-25(22)24(18)16-28(34)33-17-21-6-4-5-10-32-21/h4-8,10,12-15H,9,11,16-17H2,1-3H3,(H,33,34)(H,35,36)/b23-12-. The van der Waals surface area contributed by atoms with Gasteiger partial charge in [-0.05, 0) is 82.8 Å². The first-order valence-corrected chi connectivity index (χ1v) is 12.3. The van der Waals surface area contributed by atoms with Crippen LogP contribution in [0.1, 0.15) is 42.1 Å². The van der Waals surface area contributed by atoms with E-state index >= 15 is 0 Å². The fraction of sp³-hybridized carbons (Fsp3) is 0.233. The molecule has 1 amide bonds. The number of nitrogens with zero attached hydrogens (tertiary/aromatic N) is 1. The van der Waals surface area contributed by atoms with E-state index in [1.165, 1.54) is 26.4 Å². The van der Waals surface area contributed by atoms with Crippen LogP contribution in [0.25, 0.3) is 17.2 Å². The third kappa shape index (κ3) is 6.43. The number of hydrogen-bond acceptors (Lipinski definition) is 6. The lowest BCUT2D eigenvalue weighted by Gasteiger charge is -2.15. The number of fused-ring (bicyclic) bond motifs is 1. The number of pyridine rings is 1. The van der Waals surface area contributed by atoms with Gasteiger partial charge in [0.1, 0.15) is 5.82 Å². The number of allylic oxidation sites excluding steroid dienone is 2. The molecule has 4 rings (SSSR count). The van der Waals surface area contributed by atoms with Gasteiger partial charge in [0.25, 0.3) is 0 Å². The summed E-state index contributed by atoms with van der Waals surface area (Å²) in [5, 5.41) is 11.8. The molecule has 0 bridgehead atoms. The molecule has 39 heavy (non-hydrogen) atoms. The Bertz CT molecular complexity index is 1420. The topological polar surface area (TPSA) is 107 Å². The first-order chi connectivity index (χ1) is 18.8. The van der Waals surface area contributed by atoms with E-state index in [-0.39, 0.29) is 31.2 Å². The Kier molecular flexibility index (Phi) is 8.60. The number of rotatable bonds is 11. The first-order valence-electron chi connectivity index (χ1n) is 12.3. The minimum atomic E-state index is -0.978. The van der Waals surface area contributed by atoms with Crippen molar-refractivity contribution in [3.63, 3.8) is 0 Å². The van der Waals surface area contributed by atoms with Crippen LogP contribution in [0.4, 0.5) is 4.39 Å². The number of aromatic nitrogens is 1. The quantitative estimate of drug-likeness (QED) is 0.353. The Morgan fingerprint density at radius 3 is 2.44 bits per heavy atom. The van der Waals surface area contributed by atoms with E-state index < -0.39 is 5.97 Å². The van der Waals surface area contributed by atoms with E-state index in [0.717, 1.165) is 33.5 Å². The SMILES string of the molecule is COc1cc(/C=C2/C(C)=C(CC(=O)NCc3ccccn3)c3cc(F)ccc32)cc(OC)c1OCCC(=O)O. The summed E-state index contributed by atoms with van der Waals surface area (Å²) >= 11 is 0. The van der Waals surface area contributed by atoms with Crippen molar-refractivity contribution in [2.24, 2.45) is 0 Å². The normalized spacial score (nSPS) is 13.3. The van der Waals surface area contributed by atoms with Crippen LogP contribution in [-0.4, -0.2) is 42.8 Å². The molecule has 0 aliphatic heterocycles. The number of carbonyl (C=O) groups excluding carboxylic acids is 1. The van der Waals surface area contributed by atoms with Crippen molar-refractivity contribution in [1.29, 1.82) is 0 Å². The Morgan fingerprint density at radius 1 is 1.05 bits per heavy atom. The van der Waals surface area contributed by atoms with Crippen LogP contribution in [0.2, 0.25) is 0 Å². The van der Waals surface area contributed by atoms with Crippen LogP contribution < -0.4 is 19.5 Å². The average molecular weight is 533 g/mol. The molecule has 0 radical (unpaired) electrons. The lowest BCUT2D eigenvalue weighted by molar-refractivity contribution is -0.137. The number of methoxy groups -OCH3 is 2. The molecule has 1 aliphatic rings.